The van der Waals surface area contributed by atoms with Crippen molar-refractivity contribution in [3.8, 4) is 0 Å². The first-order valence-corrected chi connectivity index (χ1v) is 8.42. The maximum absolute atomic E-state index is 12.2. The predicted octanol–water partition coefficient (Wildman–Crippen LogP) is 4.54. The molecule has 5 nitrogen and oxygen atoms in total. The third-order valence-electron chi connectivity index (χ3n) is 3.74. The van der Waals surface area contributed by atoms with Gasteiger partial charge in [-0.3, -0.25) is 4.79 Å². The summed E-state index contributed by atoms with van der Waals surface area (Å²) in [6, 6.07) is 9.54. The molecule has 7 heteroatoms. The Morgan fingerprint density at radius 3 is 2.40 bits per heavy atom. The monoisotopic (exact) mass is 379 g/mol. The summed E-state index contributed by atoms with van der Waals surface area (Å²) in [6.45, 7) is 3.65. The van der Waals surface area contributed by atoms with Crippen molar-refractivity contribution in [3.05, 3.63) is 63.1 Å². The largest absolute Gasteiger partial charge is 0.355 e. The van der Waals surface area contributed by atoms with Gasteiger partial charge in [-0.15, -0.1) is 0 Å². The van der Waals surface area contributed by atoms with Gasteiger partial charge in [-0.1, -0.05) is 29.3 Å². The van der Waals surface area contributed by atoms with Gasteiger partial charge in [0.15, 0.2) is 0 Å². The molecule has 0 heterocycles. The van der Waals surface area contributed by atoms with Gasteiger partial charge in [-0.05, 0) is 55.3 Å². The first-order valence-electron chi connectivity index (χ1n) is 7.67. The Labute approximate surface area is 156 Å². The van der Waals surface area contributed by atoms with Gasteiger partial charge >= 0.3 is 6.03 Å². The molecule has 2 aromatic rings. The Morgan fingerprint density at radius 2 is 1.80 bits per heavy atom. The van der Waals surface area contributed by atoms with Gasteiger partial charge < -0.3 is 16.0 Å². The Morgan fingerprint density at radius 1 is 1.08 bits per heavy atom. The Hall–Kier alpha value is -2.24. The van der Waals surface area contributed by atoms with Crippen molar-refractivity contribution < 1.29 is 9.59 Å². The van der Waals surface area contributed by atoms with Crippen molar-refractivity contribution in [1.29, 1.82) is 0 Å². The molecule has 0 saturated carbocycles. The predicted molar refractivity (Wildman–Crippen MR) is 102 cm³/mol. The second-order valence-corrected chi connectivity index (χ2v) is 6.44. The van der Waals surface area contributed by atoms with Crippen LogP contribution in [-0.4, -0.2) is 19.0 Å². The summed E-state index contributed by atoms with van der Waals surface area (Å²) < 4.78 is 0. The van der Waals surface area contributed by atoms with Crippen LogP contribution >= 0.6 is 23.2 Å². The van der Waals surface area contributed by atoms with Crippen LogP contribution in [0.25, 0.3) is 0 Å². The molecule has 0 saturated heterocycles. The third-order valence-corrected chi connectivity index (χ3v) is 4.30. The van der Waals surface area contributed by atoms with E-state index in [0.717, 1.165) is 11.1 Å². The zero-order valence-electron chi connectivity index (χ0n) is 14.1. The highest BCUT2D eigenvalue weighted by molar-refractivity contribution is 6.35. The average molecular weight is 380 g/mol. The van der Waals surface area contributed by atoms with Crippen LogP contribution < -0.4 is 16.0 Å². The number of urea groups is 1. The average Bonchev–Trinajstić information content (AvgIpc) is 2.55. The summed E-state index contributed by atoms with van der Waals surface area (Å²) in [4.78, 5) is 23.9. The van der Waals surface area contributed by atoms with E-state index in [-0.39, 0.29) is 18.0 Å². The summed E-state index contributed by atoms with van der Waals surface area (Å²) in [7, 11) is 1.57. The molecule has 2 aromatic carbocycles. The molecule has 1 atom stereocenters. The highest BCUT2D eigenvalue weighted by atomic mass is 35.5. The van der Waals surface area contributed by atoms with Gasteiger partial charge in [0, 0.05) is 28.3 Å². The Balaban J connectivity index is 2.06. The van der Waals surface area contributed by atoms with Crippen molar-refractivity contribution in [1.82, 2.24) is 10.6 Å². The number of aryl methyl sites for hydroxylation is 1. The van der Waals surface area contributed by atoms with E-state index in [1.54, 1.807) is 43.4 Å². The minimum atomic E-state index is -0.366. The SMILES string of the molecule is CNC(=O)c1ccc(NC(=O)NC(C)c2ccc(Cl)cc2Cl)c(C)c1. The van der Waals surface area contributed by atoms with Crippen LogP contribution in [0.2, 0.25) is 10.0 Å². The fourth-order valence-electron chi connectivity index (χ4n) is 2.37. The van der Waals surface area contributed by atoms with Crippen molar-refractivity contribution in [2.24, 2.45) is 0 Å². The van der Waals surface area contributed by atoms with Gasteiger partial charge in [0.1, 0.15) is 0 Å². The molecule has 132 valence electrons. The molecule has 0 radical (unpaired) electrons. The standard InChI is InChI=1S/C18H19Cl2N3O2/c1-10-8-12(17(24)21-3)4-7-16(10)23-18(25)22-11(2)14-6-5-13(19)9-15(14)20/h4-9,11H,1-3H3,(H,21,24)(H2,22,23,25). The van der Waals surface area contributed by atoms with Crippen LogP contribution in [0.3, 0.4) is 0 Å². The number of hydrogen-bond acceptors (Lipinski definition) is 2. The second-order valence-electron chi connectivity index (χ2n) is 5.59. The van der Waals surface area contributed by atoms with Crippen molar-refractivity contribution in [3.63, 3.8) is 0 Å². The van der Waals surface area contributed by atoms with E-state index in [1.807, 2.05) is 13.8 Å². The normalized spacial score (nSPS) is 11.6. The molecule has 0 fully saturated rings. The number of amides is 3. The molecule has 0 aromatic heterocycles. The number of rotatable bonds is 4. The maximum Gasteiger partial charge on any atom is 0.319 e. The number of carbonyl (C=O) groups excluding carboxylic acids is 2. The van der Waals surface area contributed by atoms with E-state index in [4.69, 9.17) is 23.2 Å². The number of hydrogen-bond donors (Lipinski definition) is 3. The minimum Gasteiger partial charge on any atom is -0.355 e. The highest BCUT2D eigenvalue weighted by Crippen LogP contribution is 2.26. The summed E-state index contributed by atoms with van der Waals surface area (Å²) in [5.41, 5.74) is 2.72. The molecule has 3 amide bonds. The fraction of sp³-hybridized carbons (Fsp3) is 0.222. The zero-order valence-corrected chi connectivity index (χ0v) is 15.6. The molecule has 1 unspecified atom stereocenters. The summed E-state index contributed by atoms with van der Waals surface area (Å²) in [6.07, 6.45) is 0. The van der Waals surface area contributed by atoms with Crippen LogP contribution in [0.15, 0.2) is 36.4 Å². The molecule has 0 spiro atoms. The summed E-state index contributed by atoms with van der Waals surface area (Å²) in [5.74, 6) is -0.176. The van der Waals surface area contributed by atoms with Crippen molar-refractivity contribution >= 4 is 40.8 Å². The number of halogens is 2. The van der Waals surface area contributed by atoms with Crippen LogP contribution in [0.5, 0.6) is 0 Å². The van der Waals surface area contributed by atoms with Gasteiger partial charge in [-0.2, -0.15) is 0 Å². The van der Waals surface area contributed by atoms with Crippen LogP contribution in [0.1, 0.15) is 34.5 Å². The van der Waals surface area contributed by atoms with E-state index >= 15 is 0 Å². The topological polar surface area (TPSA) is 70.2 Å². The smallest absolute Gasteiger partial charge is 0.319 e. The first-order chi connectivity index (χ1) is 11.8. The summed E-state index contributed by atoms with van der Waals surface area (Å²) in [5, 5.41) is 9.19. The molecule has 0 aliphatic rings. The van der Waals surface area contributed by atoms with Crippen molar-refractivity contribution in [2.45, 2.75) is 19.9 Å². The Bertz CT molecular complexity index is 809. The molecular formula is C18H19Cl2N3O2. The van der Waals surface area contributed by atoms with E-state index in [0.29, 0.717) is 21.3 Å². The quantitative estimate of drug-likeness (QED) is 0.729. The fourth-order valence-corrected chi connectivity index (χ4v) is 2.95. The van der Waals surface area contributed by atoms with E-state index in [1.165, 1.54) is 0 Å². The molecule has 0 bridgehead atoms. The van der Waals surface area contributed by atoms with Gasteiger partial charge in [0.2, 0.25) is 0 Å². The lowest BCUT2D eigenvalue weighted by Gasteiger charge is -2.17. The lowest BCUT2D eigenvalue weighted by atomic mass is 10.1. The molecule has 0 aliphatic carbocycles. The Kier molecular flexibility index (Phi) is 6.28. The van der Waals surface area contributed by atoms with Crippen LogP contribution in [0.4, 0.5) is 10.5 Å². The number of carbonyl (C=O) groups is 2. The highest BCUT2D eigenvalue weighted by Gasteiger charge is 2.14. The minimum absolute atomic E-state index is 0.176. The molecular weight excluding hydrogens is 361 g/mol. The molecule has 2 rings (SSSR count). The number of benzene rings is 2. The summed E-state index contributed by atoms with van der Waals surface area (Å²) >= 11 is 12.0. The van der Waals surface area contributed by atoms with E-state index in [9.17, 15) is 9.59 Å². The second kappa shape index (κ2) is 8.23. The van der Waals surface area contributed by atoms with Crippen LogP contribution in [0, 0.1) is 6.92 Å². The van der Waals surface area contributed by atoms with Gasteiger partial charge in [0.05, 0.1) is 6.04 Å². The third kappa shape index (κ3) is 4.87. The van der Waals surface area contributed by atoms with Gasteiger partial charge in [-0.25, -0.2) is 4.79 Å². The molecule has 3 N–H and O–H groups in total. The van der Waals surface area contributed by atoms with Crippen molar-refractivity contribution in [2.75, 3.05) is 12.4 Å². The van der Waals surface area contributed by atoms with E-state index < -0.39 is 0 Å². The zero-order chi connectivity index (χ0) is 18.6. The first kappa shape index (κ1) is 19.1. The number of nitrogens with one attached hydrogen (secondary N) is 3. The lowest BCUT2D eigenvalue weighted by molar-refractivity contribution is 0.0963. The lowest BCUT2D eigenvalue weighted by Crippen LogP contribution is -2.31. The molecule has 25 heavy (non-hydrogen) atoms. The van der Waals surface area contributed by atoms with Crippen LogP contribution in [-0.2, 0) is 0 Å². The maximum atomic E-state index is 12.2. The van der Waals surface area contributed by atoms with E-state index in [2.05, 4.69) is 16.0 Å². The van der Waals surface area contributed by atoms with Gasteiger partial charge in [0.25, 0.3) is 5.91 Å². The molecule has 0 aliphatic heterocycles. The number of anilines is 1.